The van der Waals surface area contributed by atoms with E-state index in [-0.39, 0.29) is 16.8 Å². The smallest absolute Gasteiger partial charge is 0.259 e. The van der Waals surface area contributed by atoms with Gasteiger partial charge in [-0.15, -0.1) is 0 Å². The number of nitrogens with one attached hydrogen (secondary N) is 2. The van der Waals surface area contributed by atoms with E-state index in [1.807, 2.05) is 12.1 Å². The zero-order valence-electron chi connectivity index (χ0n) is 23.8. The van der Waals surface area contributed by atoms with Gasteiger partial charge in [-0.25, -0.2) is 4.98 Å². The van der Waals surface area contributed by atoms with Crippen LogP contribution in [0.15, 0.2) is 67.1 Å². The molecule has 4 rings (SSSR count). The van der Waals surface area contributed by atoms with E-state index >= 15 is 0 Å². The van der Waals surface area contributed by atoms with Gasteiger partial charge < -0.3 is 10.6 Å². The van der Waals surface area contributed by atoms with Crippen LogP contribution in [0, 0.1) is 11.3 Å². The molecule has 0 unspecified atom stereocenters. The third-order valence-electron chi connectivity index (χ3n) is 4.57. The Morgan fingerprint density at radius 1 is 1.10 bits per heavy atom. The fourth-order valence-corrected chi connectivity index (χ4v) is 2.96. The van der Waals surface area contributed by atoms with E-state index in [2.05, 4.69) is 20.6 Å². The van der Waals surface area contributed by atoms with E-state index in [1.165, 1.54) is 30.5 Å². The molecule has 2 aromatic heterocycles. The Morgan fingerprint density at radius 2 is 1.83 bits per heavy atom. The lowest BCUT2D eigenvalue weighted by molar-refractivity contribution is 0.102. The van der Waals surface area contributed by atoms with Crippen LogP contribution in [0.3, 0.4) is 0 Å². The summed E-state index contributed by atoms with van der Waals surface area (Å²) in [6.45, 7) is 0.399. The minimum atomic E-state index is -3.31. The molecule has 0 saturated heterocycles. The van der Waals surface area contributed by atoms with Gasteiger partial charge in [-0.05, 0) is 60.3 Å². The summed E-state index contributed by atoms with van der Waals surface area (Å²) in [6, 6.07) is 13.4. The van der Waals surface area contributed by atoms with Gasteiger partial charge in [0.2, 0.25) is 0 Å². The molecule has 6 heteroatoms. The highest BCUT2D eigenvalue weighted by molar-refractivity contribution is 6.07. The van der Waals surface area contributed by atoms with Gasteiger partial charge in [0.25, 0.3) is 5.91 Å². The van der Waals surface area contributed by atoms with Crippen LogP contribution >= 0.6 is 0 Å². The first-order chi connectivity index (χ1) is 17.7. The summed E-state index contributed by atoms with van der Waals surface area (Å²) in [7, 11) is 0. The van der Waals surface area contributed by atoms with E-state index < -0.39 is 36.8 Å². The summed E-state index contributed by atoms with van der Waals surface area (Å²) in [5.74, 6) is -0.184. The molecule has 1 amide bonds. The van der Waals surface area contributed by atoms with Crippen molar-refractivity contribution in [2.45, 2.75) is 37.5 Å². The highest BCUT2D eigenvalue weighted by Crippen LogP contribution is 2.40. The van der Waals surface area contributed by atoms with Crippen molar-refractivity contribution in [3.05, 3.63) is 83.8 Å². The van der Waals surface area contributed by atoms with Crippen molar-refractivity contribution in [3.63, 3.8) is 0 Å². The number of aromatic nitrogens is 2. The Morgan fingerprint density at radius 3 is 2.53 bits per heavy atom. The Balaban J connectivity index is 1.60. The van der Waals surface area contributed by atoms with Crippen molar-refractivity contribution in [1.29, 1.82) is 5.26 Å². The fourth-order valence-electron chi connectivity index (χ4n) is 2.96. The minimum absolute atomic E-state index is 0.237. The number of rotatable bonds is 6. The van der Waals surface area contributed by atoms with Gasteiger partial charge in [0.15, 0.2) is 0 Å². The molecule has 3 aromatic rings. The highest BCUT2D eigenvalue weighted by Gasteiger charge is 2.35. The molecule has 0 bridgehead atoms. The standard InChI is InChI=1S/C24H23N5O/c25-17-24(11-1-2-12-24)19-5-7-20(8-6-19)29-23(30)21-4-3-13-27-22(21)28-16-18-9-14-26-15-10-18/h3-10,13-15H,1-2,11-12,16H2,(H,27,28)(H,29,30)/i1D2,2D2,11D2,12D2. The van der Waals surface area contributed by atoms with E-state index in [4.69, 9.17) is 11.0 Å². The SMILES string of the molecule is [2H]C1([2H])C([2H])([2H])C([2H])([2H])C(C#N)(c2ccc(NC(=O)c3cccnc3NCc3ccncc3)cc2)C1([2H])[2H]. The van der Waals surface area contributed by atoms with E-state index in [0.717, 1.165) is 5.56 Å². The second kappa shape index (κ2) is 8.75. The van der Waals surface area contributed by atoms with Gasteiger partial charge >= 0.3 is 0 Å². The van der Waals surface area contributed by atoms with E-state index in [9.17, 15) is 10.1 Å². The summed E-state index contributed by atoms with van der Waals surface area (Å²) in [6.07, 6.45) is -8.25. The molecule has 6 nitrogen and oxygen atoms in total. The Labute approximate surface area is 187 Å². The van der Waals surface area contributed by atoms with Gasteiger partial charge in [-0.3, -0.25) is 9.78 Å². The lowest BCUT2D eigenvalue weighted by atomic mass is 9.80. The number of hydrogen-bond donors (Lipinski definition) is 2. The minimum Gasteiger partial charge on any atom is -0.365 e. The molecule has 1 aliphatic rings. The number of benzene rings is 1. The molecule has 1 aromatic carbocycles. The second-order valence-electron chi connectivity index (χ2n) is 6.50. The first-order valence-electron chi connectivity index (χ1n) is 13.2. The number of carbonyl (C=O) groups excluding carboxylic acids is 1. The van der Waals surface area contributed by atoms with Crippen molar-refractivity contribution in [1.82, 2.24) is 9.97 Å². The molecule has 0 aliphatic heterocycles. The molecule has 0 atom stereocenters. The molecule has 30 heavy (non-hydrogen) atoms. The highest BCUT2D eigenvalue weighted by atomic mass is 16.1. The van der Waals surface area contributed by atoms with Crippen LogP contribution in [0.5, 0.6) is 0 Å². The molecule has 0 radical (unpaired) electrons. The third-order valence-corrected chi connectivity index (χ3v) is 4.57. The molecule has 150 valence electrons. The van der Waals surface area contributed by atoms with E-state index in [0.29, 0.717) is 12.4 Å². The van der Waals surface area contributed by atoms with Crippen LogP contribution in [0.25, 0.3) is 0 Å². The van der Waals surface area contributed by atoms with Gasteiger partial charge in [-0.1, -0.05) is 24.9 Å². The predicted molar refractivity (Wildman–Crippen MR) is 116 cm³/mol. The lowest BCUT2D eigenvalue weighted by Crippen LogP contribution is -2.19. The lowest BCUT2D eigenvalue weighted by Gasteiger charge is -2.21. The van der Waals surface area contributed by atoms with Gasteiger partial charge in [-0.2, -0.15) is 5.26 Å². The topological polar surface area (TPSA) is 90.7 Å². The maximum Gasteiger partial charge on any atom is 0.259 e. The zero-order chi connectivity index (χ0) is 28.0. The monoisotopic (exact) mass is 405 g/mol. The number of anilines is 2. The second-order valence-corrected chi connectivity index (χ2v) is 6.50. The Bertz CT molecular complexity index is 1360. The molecule has 1 aliphatic carbocycles. The van der Waals surface area contributed by atoms with Crippen molar-refractivity contribution < 1.29 is 15.8 Å². The predicted octanol–water partition coefficient (Wildman–Crippen LogP) is 4.68. The van der Waals surface area contributed by atoms with Crippen LogP contribution in [-0.4, -0.2) is 15.9 Å². The van der Waals surface area contributed by atoms with Gasteiger partial charge in [0.1, 0.15) is 5.82 Å². The summed E-state index contributed by atoms with van der Waals surface area (Å²) in [5, 5.41) is 15.8. The molecular weight excluding hydrogens is 374 g/mol. The number of amides is 1. The van der Waals surface area contributed by atoms with Crippen LogP contribution in [-0.2, 0) is 12.0 Å². The Hall–Kier alpha value is -3.72. The van der Waals surface area contributed by atoms with Crippen LogP contribution < -0.4 is 10.6 Å². The van der Waals surface area contributed by atoms with Gasteiger partial charge in [0, 0.05) is 41.8 Å². The van der Waals surface area contributed by atoms with Crippen molar-refractivity contribution in [2.24, 2.45) is 0 Å². The first-order valence-corrected chi connectivity index (χ1v) is 9.15. The Kier molecular flexibility index (Phi) is 3.52. The quantitative estimate of drug-likeness (QED) is 0.621. The molecule has 0 spiro atoms. The van der Waals surface area contributed by atoms with Crippen LogP contribution in [0.4, 0.5) is 11.5 Å². The number of nitriles is 1. The summed E-state index contributed by atoms with van der Waals surface area (Å²) in [5.41, 5.74) is -1.65. The van der Waals surface area contributed by atoms with Crippen LogP contribution in [0.1, 0.15) is 57.9 Å². The molecular formula is C24H23N5O. The molecule has 2 heterocycles. The normalized spacial score (nSPS) is 25.3. The number of pyridine rings is 2. The van der Waals surface area contributed by atoms with Crippen molar-refractivity contribution >= 4 is 17.4 Å². The van der Waals surface area contributed by atoms with Crippen LogP contribution in [0.2, 0.25) is 0 Å². The number of hydrogen-bond acceptors (Lipinski definition) is 5. The first kappa shape index (κ1) is 12.1. The zero-order valence-corrected chi connectivity index (χ0v) is 15.8. The summed E-state index contributed by atoms with van der Waals surface area (Å²) in [4.78, 5) is 21.2. The molecule has 2 N–H and O–H groups in total. The largest absolute Gasteiger partial charge is 0.365 e. The van der Waals surface area contributed by atoms with Crippen molar-refractivity contribution in [3.8, 4) is 6.07 Å². The summed E-state index contributed by atoms with van der Waals surface area (Å²) < 4.78 is 65.6. The third kappa shape index (κ3) is 4.15. The van der Waals surface area contributed by atoms with Gasteiger partial charge in [0.05, 0.1) is 17.0 Å². The fraction of sp³-hybridized carbons (Fsp3) is 0.250. The maximum absolute atomic E-state index is 13.0. The average Bonchev–Trinajstić information content (AvgIpc) is 2.94. The van der Waals surface area contributed by atoms with Crippen molar-refractivity contribution in [2.75, 3.05) is 10.6 Å². The van der Waals surface area contributed by atoms with E-state index in [1.54, 1.807) is 30.6 Å². The maximum atomic E-state index is 13.0. The molecule has 1 saturated carbocycles. The number of nitrogens with zero attached hydrogens (tertiary/aromatic N) is 3. The summed E-state index contributed by atoms with van der Waals surface area (Å²) >= 11 is 0. The average molecular weight is 406 g/mol. The molecule has 1 fully saturated rings. The number of carbonyl (C=O) groups is 1.